The second kappa shape index (κ2) is 13.4. The third kappa shape index (κ3) is 5.27. The van der Waals surface area contributed by atoms with Crippen molar-refractivity contribution in [1.29, 1.82) is 0 Å². The largest absolute Gasteiger partial charge is 0.309 e. The smallest absolute Gasteiger partial charge is 0.0544 e. The normalized spacial score (nSPS) is 14.9. The summed E-state index contributed by atoms with van der Waals surface area (Å²) >= 11 is 0. The van der Waals surface area contributed by atoms with E-state index in [2.05, 4.69) is 229 Å². The molecule has 0 saturated heterocycles. The highest BCUT2D eigenvalue weighted by molar-refractivity contribution is 6.13. The van der Waals surface area contributed by atoms with E-state index >= 15 is 0 Å². The van der Waals surface area contributed by atoms with Crippen molar-refractivity contribution < 1.29 is 0 Å². The molecule has 2 atom stereocenters. The van der Waals surface area contributed by atoms with Crippen LogP contribution < -0.4 is 0 Å². The predicted octanol–water partition coefficient (Wildman–Crippen LogP) is 15.6. The highest BCUT2D eigenvalue weighted by Crippen LogP contribution is 2.52. The summed E-state index contributed by atoms with van der Waals surface area (Å²) < 4.78 is 2.50. The third-order valence-electron chi connectivity index (χ3n) is 13.5. The quantitative estimate of drug-likeness (QED) is 0.164. The van der Waals surface area contributed by atoms with Crippen molar-refractivity contribution in [2.24, 2.45) is 0 Å². The lowest BCUT2D eigenvalue weighted by atomic mass is 9.87. The molecule has 2 aliphatic carbocycles. The molecule has 2 unspecified atom stereocenters. The van der Waals surface area contributed by atoms with Crippen LogP contribution in [0.4, 0.5) is 0 Å². The van der Waals surface area contributed by atoms with Crippen molar-refractivity contribution in [3.63, 3.8) is 0 Å². The van der Waals surface area contributed by atoms with E-state index < -0.39 is 0 Å². The zero-order valence-electron chi connectivity index (χ0n) is 33.5. The number of hydrogen-bond acceptors (Lipinski definition) is 0. The number of benzene rings is 10. The molecule has 2 aliphatic rings. The predicted molar refractivity (Wildman–Crippen MR) is 255 cm³/mol. The Labute approximate surface area is 355 Å². The van der Waals surface area contributed by atoms with Crippen molar-refractivity contribution >= 4 is 32.6 Å². The fourth-order valence-corrected chi connectivity index (χ4v) is 10.8. The molecule has 0 aliphatic heterocycles. The summed E-state index contributed by atoms with van der Waals surface area (Å²) in [6.07, 6.45) is 0. The molecule has 1 nitrogen and oxygen atoms in total. The van der Waals surface area contributed by atoms with Gasteiger partial charge in [-0.05, 0) is 131 Å². The zero-order chi connectivity index (χ0) is 40.0. The summed E-state index contributed by atoms with van der Waals surface area (Å²) in [6.45, 7) is 0. The van der Waals surface area contributed by atoms with E-state index in [0.29, 0.717) is 0 Å². The van der Waals surface area contributed by atoms with Crippen LogP contribution in [-0.4, -0.2) is 4.57 Å². The molecule has 284 valence electrons. The summed E-state index contributed by atoms with van der Waals surface area (Å²) in [6, 6.07) is 83.8. The van der Waals surface area contributed by atoms with Crippen molar-refractivity contribution in [2.75, 3.05) is 0 Å². The standard InChI is InChI=1S/C60H39N/c1-3-14-38(15-4-1)42-20-13-21-46(33-42)61-57-31-29-44(35-54(57)55-36-53-48-23-10-11-24-49(48)59(56(53)37-58(55)61)40-17-5-2-6-18-40)43-28-30-51-52(34-43)47-22-9-12-25-50(47)60(51)45-27-26-39-16-7-8-19-41(39)32-45/h1-37,59-60H. The maximum atomic E-state index is 2.50. The lowest BCUT2D eigenvalue weighted by molar-refractivity contribution is 1.01. The maximum absolute atomic E-state index is 2.50. The Morgan fingerprint density at radius 1 is 0.279 bits per heavy atom. The topological polar surface area (TPSA) is 4.93 Å². The van der Waals surface area contributed by atoms with Gasteiger partial charge in [0.05, 0.1) is 11.0 Å². The second-order valence-corrected chi connectivity index (χ2v) is 16.8. The molecule has 61 heavy (non-hydrogen) atoms. The van der Waals surface area contributed by atoms with E-state index in [0.717, 1.165) is 5.69 Å². The molecule has 0 radical (unpaired) electrons. The SMILES string of the molecule is c1ccc(-c2cccc(-n3c4ccc(-c5ccc6c(c5)-c5ccccc5C6c5ccc6ccccc6c5)cc4c4cc5c(cc43)C(c3ccccc3)c3ccccc3-5)c2)cc1. The molecule has 13 rings (SSSR count). The number of hydrogen-bond donors (Lipinski definition) is 0. The molecule has 10 aromatic carbocycles. The molecular weight excluding hydrogens is 735 g/mol. The summed E-state index contributed by atoms with van der Waals surface area (Å²) in [5.74, 6) is 0.365. The van der Waals surface area contributed by atoms with Gasteiger partial charge >= 0.3 is 0 Å². The van der Waals surface area contributed by atoms with Gasteiger partial charge < -0.3 is 4.57 Å². The molecule has 11 aromatic rings. The Kier molecular flexibility index (Phi) is 7.50. The fourth-order valence-electron chi connectivity index (χ4n) is 10.8. The first-order valence-electron chi connectivity index (χ1n) is 21.4. The average Bonchev–Trinajstić information content (AvgIpc) is 3.96. The van der Waals surface area contributed by atoms with Crippen molar-refractivity contribution in [3.05, 3.63) is 258 Å². The highest BCUT2D eigenvalue weighted by atomic mass is 15.0. The van der Waals surface area contributed by atoms with E-state index in [1.54, 1.807) is 0 Å². The summed E-state index contributed by atoms with van der Waals surface area (Å²) in [5.41, 5.74) is 21.9. The minimum absolute atomic E-state index is 0.169. The fraction of sp³-hybridized carbons (Fsp3) is 0.0333. The molecule has 0 saturated carbocycles. The van der Waals surface area contributed by atoms with Crippen molar-refractivity contribution in [1.82, 2.24) is 4.57 Å². The van der Waals surface area contributed by atoms with Gasteiger partial charge in [0.2, 0.25) is 0 Å². The van der Waals surface area contributed by atoms with Crippen molar-refractivity contribution in [2.45, 2.75) is 11.8 Å². The minimum atomic E-state index is 0.169. The first-order chi connectivity index (χ1) is 30.2. The number of aromatic nitrogens is 1. The number of rotatable bonds is 5. The molecule has 0 amide bonds. The molecule has 0 N–H and O–H groups in total. The second-order valence-electron chi connectivity index (χ2n) is 16.8. The first-order valence-corrected chi connectivity index (χ1v) is 21.4. The van der Waals surface area contributed by atoms with Gasteiger partial charge in [-0.2, -0.15) is 0 Å². The van der Waals surface area contributed by atoms with Crippen LogP contribution in [0.3, 0.4) is 0 Å². The summed E-state index contributed by atoms with van der Waals surface area (Å²) in [4.78, 5) is 0. The van der Waals surface area contributed by atoms with Crippen LogP contribution in [0.5, 0.6) is 0 Å². The van der Waals surface area contributed by atoms with E-state index in [1.165, 1.54) is 110 Å². The van der Waals surface area contributed by atoms with Crippen LogP contribution in [0.1, 0.15) is 45.2 Å². The van der Waals surface area contributed by atoms with Gasteiger partial charge in [-0.15, -0.1) is 0 Å². The molecule has 1 aromatic heterocycles. The van der Waals surface area contributed by atoms with Crippen LogP contribution >= 0.6 is 0 Å². The maximum Gasteiger partial charge on any atom is 0.0544 e. The van der Waals surface area contributed by atoms with E-state index in [-0.39, 0.29) is 11.8 Å². The van der Waals surface area contributed by atoms with Gasteiger partial charge in [0.25, 0.3) is 0 Å². The number of fused-ring (bicyclic) bond motifs is 10. The Hall–Kier alpha value is -7.74. The molecule has 1 heteroatoms. The summed E-state index contributed by atoms with van der Waals surface area (Å²) in [7, 11) is 0. The van der Waals surface area contributed by atoms with Crippen LogP contribution in [0.15, 0.2) is 224 Å². The van der Waals surface area contributed by atoms with Gasteiger partial charge in [0, 0.05) is 28.3 Å². The molecule has 0 spiro atoms. The summed E-state index contributed by atoms with van der Waals surface area (Å²) in [5, 5.41) is 5.09. The van der Waals surface area contributed by atoms with E-state index in [1.807, 2.05) is 0 Å². The van der Waals surface area contributed by atoms with Gasteiger partial charge in [0.15, 0.2) is 0 Å². The third-order valence-corrected chi connectivity index (χ3v) is 13.5. The molecule has 1 heterocycles. The molecular formula is C60H39N. The van der Waals surface area contributed by atoms with Gasteiger partial charge in [-0.25, -0.2) is 0 Å². The Morgan fingerprint density at radius 3 is 1.67 bits per heavy atom. The first kappa shape index (κ1) is 34.2. The van der Waals surface area contributed by atoms with Gasteiger partial charge in [0.1, 0.15) is 0 Å². The van der Waals surface area contributed by atoms with E-state index in [4.69, 9.17) is 0 Å². The minimum Gasteiger partial charge on any atom is -0.309 e. The van der Waals surface area contributed by atoms with Crippen LogP contribution in [-0.2, 0) is 0 Å². The molecule has 0 bridgehead atoms. The lowest BCUT2D eigenvalue weighted by Gasteiger charge is -2.16. The van der Waals surface area contributed by atoms with Crippen LogP contribution in [0, 0.1) is 0 Å². The number of nitrogens with zero attached hydrogens (tertiary/aromatic N) is 1. The monoisotopic (exact) mass is 773 g/mol. The Morgan fingerprint density at radius 2 is 0.869 bits per heavy atom. The lowest BCUT2D eigenvalue weighted by Crippen LogP contribution is -2.00. The van der Waals surface area contributed by atoms with Crippen LogP contribution in [0.25, 0.3) is 82.8 Å². The van der Waals surface area contributed by atoms with E-state index in [9.17, 15) is 0 Å². The Bertz CT molecular complexity index is 3540. The average molecular weight is 774 g/mol. The van der Waals surface area contributed by atoms with Crippen LogP contribution in [0.2, 0.25) is 0 Å². The van der Waals surface area contributed by atoms with Gasteiger partial charge in [-0.1, -0.05) is 182 Å². The van der Waals surface area contributed by atoms with Gasteiger partial charge in [-0.3, -0.25) is 0 Å². The highest BCUT2D eigenvalue weighted by Gasteiger charge is 2.32. The Balaban J connectivity index is 1.01. The van der Waals surface area contributed by atoms with Crippen molar-refractivity contribution in [3.8, 4) is 50.2 Å². The molecule has 0 fully saturated rings. The zero-order valence-corrected chi connectivity index (χ0v) is 33.5.